The van der Waals surface area contributed by atoms with Crippen molar-refractivity contribution >= 4 is 34.9 Å². The van der Waals surface area contributed by atoms with Crippen molar-refractivity contribution in [2.75, 3.05) is 0 Å². The lowest BCUT2D eigenvalue weighted by Gasteiger charge is -2.33. The minimum atomic E-state index is 0.0833. The topological polar surface area (TPSA) is 20.7 Å². The second-order valence-electron chi connectivity index (χ2n) is 4.71. The number of aromatic nitrogens is 2. The van der Waals surface area contributed by atoms with Crippen molar-refractivity contribution in [2.24, 2.45) is 0 Å². The lowest BCUT2D eigenvalue weighted by molar-refractivity contribution is 0.255. The van der Waals surface area contributed by atoms with Crippen LogP contribution in [-0.2, 0) is 5.54 Å². The van der Waals surface area contributed by atoms with Crippen LogP contribution in [0, 0.1) is 4.77 Å². The quantitative estimate of drug-likeness (QED) is 0.757. The van der Waals surface area contributed by atoms with Crippen LogP contribution in [0.5, 0.6) is 0 Å². The van der Waals surface area contributed by atoms with E-state index in [1.54, 1.807) is 0 Å². The van der Waals surface area contributed by atoms with Gasteiger partial charge < -0.3 is 9.55 Å². The molecule has 1 heterocycles. The summed E-state index contributed by atoms with van der Waals surface area (Å²) in [4.78, 5) is 3.28. The summed E-state index contributed by atoms with van der Waals surface area (Å²) in [6.07, 6.45) is 3.19. The lowest BCUT2D eigenvalue weighted by atomic mass is 9.89. The molecule has 0 unspecified atom stereocenters. The number of hydrogen-bond donors (Lipinski definition) is 1. The smallest absolute Gasteiger partial charge is 0.178 e. The number of imidazole rings is 1. The molecular weight excluding hydrogens is 264 g/mol. The molecule has 4 heteroatoms. The van der Waals surface area contributed by atoms with Crippen LogP contribution in [-0.4, -0.2) is 9.55 Å². The Hall–Kier alpha value is -0.800. The SMILES string of the molecule is CCC(CC)(CC)n1c(=S)[nH]c2ccc(Cl)cc21. The minimum Gasteiger partial charge on any atom is -0.331 e. The minimum absolute atomic E-state index is 0.0833. The summed E-state index contributed by atoms with van der Waals surface area (Å²) in [7, 11) is 0. The van der Waals surface area contributed by atoms with Gasteiger partial charge in [0, 0.05) is 10.6 Å². The maximum Gasteiger partial charge on any atom is 0.178 e. The molecule has 0 bridgehead atoms. The van der Waals surface area contributed by atoms with E-state index in [4.69, 9.17) is 23.8 Å². The van der Waals surface area contributed by atoms with E-state index in [-0.39, 0.29) is 5.54 Å². The number of H-pyrrole nitrogens is 1. The Morgan fingerprint density at radius 3 is 2.39 bits per heavy atom. The van der Waals surface area contributed by atoms with Gasteiger partial charge in [-0.1, -0.05) is 32.4 Å². The zero-order valence-electron chi connectivity index (χ0n) is 11.1. The van der Waals surface area contributed by atoms with E-state index < -0.39 is 0 Å². The average Bonchev–Trinajstić information content (AvgIpc) is 2.69. The predicted molar refractivity (Wildman–Crippen MR) is 81.0 cm³/mol. The normalized spacial score (nSPS) is 12.2. The average molecular weight is 283 g/mol. The molecule has 0 amide bonds. The fraction of sp³-hybridized carbons (Fsp3) is 0.500. The maximum atomic E-state index is 6.12. The molecule has 2 rings (SSSR count). The van der Waals surface area contributed by atoms with Crippen molar-refractivity contribution in [2.45, 2.75) is 45.6 Å². The highest BCUT2D eigenvalue weighted by Crippen LogP contribution is 2.33. The molecule has 2 nitrogen and oxygen atoms in total. The molecule has 0 atom stereocenters. The van der Waals surface area contributed by atoms with E-state index in [0.717, 1.165) is 40.1 Å². The van der Waals surface area contributed by atoms with Gasteiger partial charge in [-0.15, -0.1) is 0 Å². The Kier molecular flexibility index (Phi) is 3.83. The number of hydrogen-bond acceptors (Lipinski definition) is 1. The van der Waals surface area contributed by atoms with Gasteiger partial charge in [-0.2, -0.15) is 0 Å². The van der Waals surface area contributed by atoms with E-state index in [0.29, 0.717) is 0 Å². The van der Waals surface area contributed by atoms with Crippen LogP contribution in [0.25, 0.3) is 11.0 Å². The van der Waals surface area contributed by atoms with Crippen LogP contribution < -0.4 is 0 Å². The van der Waals surface area contributed by atoms with Crippen molar-refractivity contribution < 1.29 is 0 Å². The summed E-state index contributed by atoms with van der Waals surface area (Å²) in [5.41, 5.74) is 2.25. The van der Waals surface area contributed by atoms with Crippen LogP contribution >= 0.6 is 23.8 Å². The Morgan fingerprint density at radius 1 is 1.22 bits per heavy atom. The fourth-order valence-corrected chi connectivity index (χ4v) is 3.34. The Bertz CT molecular complexity index is 600. The third-order valence-corrected chi connectivity index (χ3v) is 4.61. The summed E-state index contributed by atoms with van der Waals surface area (Å²) >= 11 is 11.6. The van der Waals surface area contributed by atoms with Crippen molar-refractivity contribution in [1.82, 2.24) is 9.55 Å². The summed E-state index contributed by atoms with van der Waals surface area (Å²) in [5, 5.41) is 0.752. The van der Waals surface area contributed by atoms with E-state index in [1.807, 2.05) is 18.2 Å². The van der Waals surface area contributed by atoms with Gasteiger partial charge in [0.15, 0.2) is 4.77 Å². The molecule has 98 valence electrons. The molecule has 0 saturated carbocycles. The number of fused-ring (bicyclic) bond motifs is 1. The molecule has 0 fully saturated rings. The van der Waals surface area contributed by atoms with Gasteiger partial charge in [0.1, 0.15) is 0 Å². The highest BCUT2D eigenvalue weighted by molar-refractivity contribution is 7.71. The van der Waals surface area contributed by atoms with E-state index in [1.165, 1.54) is 0 Å². The number of nitrogens with one attached hydrogen (secondary N) is 1. The standard InChI is InChI=1S/C14H19ClN2S/c1-4-14(5-2,6-3)17-12-9-10(15)7-8-11(12)16-13(17)18/h7-9H,4-6H2,1-3H3,(H,16,18). The molecule has 1 N–H and O–H groups in total. The highest BCUT2D eigenvalue weighted by atomic mass is 35.5. The van der Waals surface area contributed by atoms with Gasteiger partial charge in [0.25, 0.3) is 0 Å². The molecule has 1 aromatic heterocycles. The van der Waals surface area contributed by atoms with Crippen LogP contribution in [0.1, 0.15) is 40.0 Å². The van der Waals surface area contributed by atoms with Gasteiger partial charge >= 0.3 is 0 Å². The van der Waals surface area contributed by atoms with Crippen molar-refractivity contribution in [3.63, 3.8) is 0 Å². The Labute approximate surface area is 118 Å². The Balaban J connectivity index is 2.80. The summed E-state index contributed by atoms with van der Waals surface area (Å²) in [5.74, 6) is 0. The number of benzene rings is 1. The molecule has 0 radical (unpaired) electrons. The van der Waals surface area contributed by atoms with Gasteiger partial charge in [-0.05, 0) is 49.7 Å². The summed E-state index contributed by atoms with van der Waals surface area (Å²) in [6, 6.07) is 5.89. The third-order valence-electron chi connectivity index (χ3n) is 4.09. The molecule has 0 spiro atoms. The largest absolute Gasteiger partial charge is 0.331 e. The molecule has 0 aliphatic carbocycles. The highest BCUT2D eigenvalue weighted by Gasteiger charge is 2.28. The molecular formula is C14H19ClN2S. The first-order chi connectivity index (χ1) is 8.57. The first kappa shape index (κ1) is 13.6. The first-order valence-electron chi connectivity index (χ1n) is 6.48. The number of rotatable bonds is 4. The van der Waals surface area contributed by atoms with Crippen LogP contribution in [0.3, 0.4) is 0 Å². The molecule has 1 aromatic carbocycles. The van der Waals surface area contributed by atoms with Crippen molar-refractivity contribution in [3.8, 4) is 0 Å². The van der Waals surface area contributed by atoms with Crippen molar-refractivity contribution in [3.05, 3.63) is 28.0 Å². The molecule has 0 aliphatic heterocycles. The zero-order chi connectivity index (χ0) is 13.3. The molecule has 0 aliphatic rings. The second-order valence-corrected chi connectivity index (χ2v) is 5.54. The second kappa shape index (κ2) is 5.06. The summed E-state index contributed by atoms with van der Waals surface area (Å²) in [6.45, 7) is 6.66. The summed E-state index contributed by atoms with van der Waals surface area (Å²) < 4.78 is 3.04. The number of aromatic amines is 1. The van der Waals surface area contributed by atoms with Gasteiger partial charge in [-0.25, -0.2) is 0 Å². The van der Waals surface area contributed by atoms with Crippen LogP contribution in [0.2, 0.25) is 5.02 Å². The monoisotopic (exact) mass is 282 g/mol. The predicted octanol–water partition coefficient (Wildman–Crippen LogP) is 5.28. The maximum absolute atomic E-state index is 6.12. The van der Waals surface area contributed by atoms with Gasteiger partial charge in [-0.3, -0.25) is 0 Å². The van der Waals surface area contributed by atoms with Crippen molar-refractivity contribution in [1.29, 1.82) is 0 Å². The van der Waals surface area contributed by atoms with Crippen LogP contribution in [0.15, 0.2) is 18.2 Å². The zero-order valence-corrected chi connectivity index (χ0v) is 12.7. The molecule has 0 saturated heterocycles. The van der Waals surface area contributed by atoms with Crippen LogP contribution in [0.4, 0.5) is 0 Å². The van der Waals surface area contributed by atoms with Gasteiger partial charge in [0.05, 0.1) is 11.0 Å². The van der Waals surface area contributed by atoms with Gasteiger partial charge in [0.2, 0.25) is 0 Å². The van der Waals surface area contributed by atoms with E-state index in [2.05, 4.69) is 30.3 Å². The number of halogens is 1. The third kappa shape index (κ3) is 1.99. The molecule has 2 aromatic rings. The lowest BCUT2D eigenvalue weighted by Crippen LogP contribution is -2.31. The fourth-order valence-electron chi connectivity index (χ4n) is 2.77. The molecule has 18 heavy (non-hydrogen) atoms. The van der Waals surface area contributed by atoms with E-state index >= 15 is 0 Å². The Morgan fingerprint density at radius 2 is 1.83 bits per heavy atom. The van der Waals surface area contributed by atoms with E-state index in [9.17, 15) is 0 Å². The number of nitrogens with zero attached hydrogens (tertiary/aromatic N) is 1. The first-order valence-corrected chi connectivity index (χ1v) is 7.27.